The van der Waals surface area contributed by atoms with Gasteiger partial charge in [-0.1, -0.05) is 45.9 Å². The zero-order valence-corrected chi connectivity index (χ0v) is 45.0. The van der Waals surface area contributed by atoms with Crippen LogP contribution in [0, 0.1) is 36.4 Å². The van der Waals surface area contributed by atoms with Gasteiger partial charge in [0, 0.05) is 86.5 Å². The van der Waals surface area contributed by atoms with Gasteiger partial charge in [-0.2, -0.15) is 5.10 Å². The van der Waals surface area contributed by atoms with E-state index in [0.29, 0.717) is 0 Å². The summed E-state index contributed by atoms with van der Waals surface area (Å²) >= 11 is 0. The molecule has 1 amide bonds. The van der Waals surface area contributed by atoms with Gasteiger partial charge in [-0.15, -0.1) is 0 Å². The summed E-state index contributed by atoms with van der Waals surface area (Å²) in [5.41, 5.74) is -1.92. The largest absolute Gasteiger partial charge is 0.507 e. The molecule has 9 rings (SSSR count). The van der Waals surface area contributed by atoms with E-state index < -0.39 is 123 Å². The second kappa shape index (κ2) is 22.0. The summed E-state index contributed by atoms with van der Waals surface area (Å²) in [4.78, 5) is 68.3. The molecule has 0 unspecified atom stereocenters. The first-order valence-electron chi connectivity index (χ1n) is 25.7. The van der Waals surface area contributed by atoms with E-state index in [2.05, 4.69) is 10.4 Å². The Hall–Kier alpha value is -7.69. The fourth-order valence-electron chi connectivity index (χ4n) is 10.8. The Balaban J connectivity index is 1.20. The third kappa shape index (κ3) is 10.2. The highest BCUT2D eigenvalue weighted by atomic mass is 19.1. The Morgan fingerprint density at radius 2 is 1.60 bits per heavy atom. The number of phenols is 3. The number of carbonyl (C=O) groups is 4. The van der Waals surface area contributed by atoms with E-state index in [4.69, 9.17) is 23.7 Å². The van der Waals surface area contributed by atoms with Crippen LogP contribution in [0.2, 0.25) is 0 Å². The Kier molecular flexibility index (Phi) is 15.9. The summed E-state index contributed by atoms with van der Waals surface area (Å²) in [6.45, 7) is 12.8. The van der Waals surface area contributed by atoms with Gasteiger partial charge in [0.2, 0.25) is 5.43 Å². The number of fused-ring (bicyclic) bond motifs is 15. The van der Waals surface area contributed by atoms with E-state index in [0.717, 1.165) is 31.4 Å². The highest BCUT2D eigenvalue weighted by molar-refractivity contribution is 6.24. The standard InChI is InChI=1S/C56H66FN5O16/c1-25-12-11-13-26(2)54(71)59-41-34(23-58-61-19-17-60(18-20-61)43-36(57)22-33-42(52(43)75-10)62(32-14-15-32)24-35(47(33)67)55(72)73)48(68)38-39(49(41)69)46(66)30(6)51-40(38)53(70)56(8,78-51)76-21-16-37(74-9)27(3)50(77-31(7)63)29(5)45(65)28(4)44(25)64/h11-13,16,21-25,27-29,32,37,44-45,50,64-66,68-69H,14-15,17-20H2,1-10H3,(H,59,71)(H,72,73)/b12-11+,21-16+,26-13-,58-23+/t25-,27+,28+,29+,37-,44-,45+,50+,56-/m0/s1. The van der Waals surface area contributed by atoms with E-state index in [1.165, 1.54) is 66.3 Å². The van der Waals surface area contributed by atoms with Gasteiger partial charge in [-0.05, 0) is 38.8 Å². The van der Waals surface area contributed by atoms with Gasteiger partial charge in [0.15, 0.2) is 17.3 Å². The van der Waals surface area contributed by atoms with Crippen LogP contribution in [0.1, 0.15) is 99.2 Å². The first kappa shape index (κ1) is 56.5. The lowest BCUT2D eigenvalue weighted by molar-refractivity contribution is -0.160. The average molecular weight is 1080 g/mol. The van der Waals surface area contributed by atoms with E-state index in [9.17, 15) is 54.6 Å². The predicted octanol–water partition coefficient (Wildman–Crippen LogP) is 6.41. The number of Topliss-reactive ketones (excluding diaryl/α,β-unsaturated/α-hetero) is 1. The summed E-state index contributed by atoms with van der Waals surface area (Å²) in [5.74, 6) is -11.5. The molecule has 5 aliphatic rings. The molecule has 78 heavy (non-hydrogen) atoms. The molecule has 21 nitrogen and oxygen atoms in total. The number of aliphatic hydroxyl groups excluding tert-OH is 2. The van der Waals surface area contributed by atoms with Crippen molar-refractivity contribution >= 4 is 62.9 Å². The van der Waals surface area contributed by atoms with Crippen molar-refractivity contribution in [2.24, 2.45) is 28.8 Å². The number of aromatic nitrogens is 1. The minimum Gasteiger partial charge on any atom is -0.507 e. The number of nitrogens with one attached hydrogen (secondary N) is 1. The maximum Gasteiger partial charge on any atom is 0.341 e. The van der Waals surface area contributed by atoms with Gasteiger partial charge < -0.3 is 69.1 Å². The fraction of sp³-hybridized carbons (Fsp3) is 0.464. The topological polar surface area (TPSA) is 289 Å². The number of ether oxygens (including phenoxy) is 5. The molecule has 0 radical (unpaired) electrons. The van der Waals surface area contributed by atoms with Crippen LogP contribution in [0.25, 0.3) is 21.7 Å². The summed E-state index contributed by atoms with van der Waals surface area (Å²) in [5, 5.41) is 77.2. The average Bonchev–Trinajstić information content (AvgIpc) is 4.39. The smallest absolute Gasteiger partial charge is 0.341 e. The van der Waals surface area contributed by atoms with E-state index in [1.807, 2.05) is 0 Å². The number of hydrogen-bond donors (Lipinski definition) is 7. The number of allylic oxidation sites excluding steroid dienone is 2. The molecule has 9 atom stereocenters. The van der Waals surface area contributed by atoms with Crippen LogP contribution in [-0.4, -0.2) is 141 Å². The molecule has 1 aromatic heterocycles. The summed E-state index contributed by atoms with van der Waals surface area (Å²) in [6, 6.07) is 0.915. The number of methoxy groups -OCH3 is 2. The molecule has 0 spiro atoms. The van der Waals surface area contributed by atoms with Gasteiger partial charge in [0.05, 0.1) is 84.1 Å². The van der Waals surface area contributed by atoms with Crippen molar-refractivity contribution < 1.29 is 77.9 Å². The second-order valence-corrected chi connectivity index (χ2v) is 20.8. The Bertz CT molecular complexity index is 3290. The number of aromatic hydroxyl groups is 3. The number of rotatable bonds is 8. The van der Waals surface area contributed by atoms with Crippen molar-refractivity contribution in [1.29, 1.82) is 0 Å². The zero-order valence-electron chi connectivity index (χ0n) is 45.0. The Labute approximate surface area is 448 Å². The molecule has 5 bridgehead atoms. The molecule has 1 saturated heterocycles. The van der Waals surface area contributed by atoms with Crippen molar-refractivity contribution in [1.82, 2.24) is 9.58 Å². The molecular formula is C56H66FN5O16. The Morgan fingerprint density at radius 1 is 0.923 bits per heavy atom. The molecular weight excluding hydrogens is 1020 g/mol. The number of pyridine rings is 1. The van der Waals surface area contributed by atoms with Crippen LogP contribution in [0.5, 0.6) is 28.7 Å². The van der Waals surface area contributed by atoms with Crippen molar-refractivity contribution in [2.45, 2.75) is 104 Å². The lowest BCUT2D eigenvalue weighted by Crippen LogP contribution is -2.46. The Morgan fingerprint density at radius 3 is 2.22 bits per heavy atom. The van der Waals surface area contributed by atoms with Crippen molar-refractivity contribution in [2.75, 3.05) is 50.6 Å². The summed E-state index contributed by atoms with van der Waals surface area (Å²) in [7, 11) is 2.75. The SMILES string of the molecule is COc1c(N2CCN(/N=C/c3c4c(O)c5c(O)c(C)c6c(c5c3O)C(=O)[C@@](C)(O/C=C/[C@H](OC)[C@@H](C)[C@@H](OC(C)=O)[C@H](C)[C@H](O)[C@H](C)[C@@H](O)[C@@H](C)/C=C/C=C(/C)C(=O)N4)O6)CC2)c(F)cc2c(=O)c(C(=O)O)cn(C3CC3)c12. The van der Waals surface area contributed by atoms with Gasteiger partial charge in [-0.25, -0.2) is 9.18 Å². The number of esters is 1. The minimum absolute atomic E-state index is 0.0221. The van der Waals surface area contributed by atoms with Gasteiger partial charge in [-0.3, -0.25) is 24.2 Å². The highest BCUT2D eigenvalue weighted by Gasteiger charge is 2.50. The molecule has 5 heterocycles. The first-order valence-corrected chi connectivity index (χ1v) is 25.7. The summed E-state index contributed by atoms with van der Waals surface area (Å²) < 4.78 is 47.4. The van der Waals surface area contributed by atoms with Gasteiger partial charge in [0.25, 0.3) is 11.7 Å². The number of carboxylic acid groups (broad SMARTS) is 1. The lowest BCUT2D eigenvalue weighted by atomic mass is 9.78. The predicted molar refractivity (Wildman–Crippen MR) is 285 cm³/mol. The van der Waals surface area contributed by atoms with Gasteiger partial charge in [0.1, 0.15) is 34.6 Å². The van der Waals surface area contributed by atoms with Crippen LogP contribution in [0.15, 0.2) is 58.3 Å². The number of phenolic OH excluding ortho intramolecular Hbond substituents is 3. The quantitative estimate of drug-likeness (QED) is 0.0434. The van der Waals surface area contributed by atoms with E-state index in [1.54, 1.807) is 48.2 Å². The molecule has 7 N–H and O–H groups in total. The van der Waals surface area contributed by atoms with E-state index >= 15 is 4.39 Å². The number of halogens is 1. The molecule has 1 saturated carbocycles. The fourth-order valence-corrected chi connectivity index (χ4v) is 10.8. The number of ketones is 1. The number of benzene rings is 3. The van der Waals surface area contributed by atoms with E-state index in [-0.39, 0.29) is 88.0 Å². The minimum atomic E-state index is -2.15. The maximum absolute atomic E-state index is 16.3. The molecule has 2 fully saturated rings. The molecule has 3 aromatic carbocycles. The van der Waals surface area contributed by atoms with Crippen LogP contribution in [0.3, 0.4) is 0 Å². The summed E-state index contributed by atoms with van der Waals surface area (Å²) in [6.07, 6.45) is 6.97. The number of hydrogen-bond acceptors (Lipinski definition) is 18. The van der Waals surface area contributed by atoms with Crippen LogP contribution in [-0.2, 0) is 23.8 Å². The highest BCUT2D eigenvalue weighted by Crippen LogP contribution is 2.55. The van der Waals surface area contributed by atoms with Gasteiger partial charge >= 0.3 is 17.7 Å². The molecule has 22 heteroatoms. The first-order chi connectivity index (χ1) is 36.9. The number of anilines is 2. The normalized spacial score (nSPS) is 27.8. The number of carbonyl (C=O) groups excluding carboxylic acids is 3. The van der Waals surface area contributed by atoms with Crippen molar-refractivity contribution in [3.05, 3.63) is 86.7 Å². The number of hydrazone groups is 1. The zero-order chi connectivity index (χ0) is 57.0. The maximum atomic E-state index is 16.3. The van der Waals surface area contributed by atoms with Crippen LogP contribution in [0.4, 0.5) is 15.8 Å². The third-order valence-corrected chi connectivity index (χ3v) is 15.5. The third-order valence-electron chi connectivity index (χ3n) is 15.5. The number of piperazine rings is 1. The van der Waals surface area contributed by atoms with Crippen LogP contribution >= 0.6 is 0 Å². The molecule has 4 aromatic rings. The molecule has 1 aliphatic carbocycles. The number of aliphatic hydroxyl groups is 2. The lowest BCUT2D eigenvalue weighted by Gasteiger charge is -2.38. The number of nitrogens with zero attached hydrogens (tertiary/aromatic N) is 4. The molecule has 4 aliphatic heterocycles. The van der Waals surface area contributed by atoms with Crippen molar-refractivity contribution in [3.63, 3.8) is 0 Å². The van der Waals surface area contributed by atoms with Crippen LogP contribution < -0.4 is 25.1 Å². The number of amides is 1. The number of aromatic carboxylic acids is 1. The monoisotopic (exact) mass is 1080 g/mol. The number of carboxylic acids is 1. The molecule has 418 valence electrons. The second-order valence-electron chi connectivity index (χ2n) is 20.8. The van der Waals surface area contributed by atoms with Crippen molar-refractivity contribution in [3.8, 4) is 28.7 Å².